The van der Waals surface area contributed by atoms with E-state index in [9.17, 15) is 18.0 Å². The molecular formula is C20H12BrF3N4O3. The average molecular weight is 493 g/mol. The van der Waals surface area contributed by atoms with Crippen molar-refractivity contribution in [2.45, 2.75) is 6.30 Å². The summed E-state index contributed by atoms with van der Waals surface area (Å²) < 4.78 is 48.5. The topological polar surface area (TPSA) is 80.5 Å². The number of para-hydroxylation sites is 2. The van der Waals surface area contributed by atoms with Crippen LogP contribution in [-0.2, 0) is 0 Å². The number of imidazole rings is 1. The molecule has 158 valence electrons. The summed E-state index contributed by atoms with van der Waals surface area (Å²) >= 11 is 3.15. The van der Waals surface area contributed by atoms with Crippen molar-refractivity contribution >= 4 is 44.8 Å². The lowest BCUT2D eigenvalue weighted by Crippen LogP contribution is -2.35. The summed E-state index contributed by atoms with van der Waals surface area (Å²) in [5.41, 5.74) is 0.486. The maximum Gasteiger partial charge on any atom is 0.491 e. The van der Waals surface area contributed by atoms with Crippen molar-refractivity contribution < 1.29 is 27.8 Å². The lowest BCUT2D eigenvalue weighted by molar-refractivity contribution is -0.121. The van der Waals surface area contributed by atoms with E-state index in [0.717, 1.165) is 0 Å². The quantitative estimate of drug-likeness (QED) is 0.358. The van der Waals surface area contributed by atoms with Gasteiger partial charge in [-0.1, -0.05) is 12.1 Å². The fourth-order valence-corrected chi connectivity index (χ4v) is 3.43. The molecule has 1 N–H and O–H groups in total. The minimum absolute atomic E-state index is 0.139. The maximum absolute atomic E-state index is 13.9. The molecule has 31 heavy (non-hydrogen) atoms. The molecule has 4 rings (SSSR count). The first-order valence-electron chi connectivity index (χ1n) is 8.72. The number of fused-ring (bicyclic) bond motifs is 1. The molecule has 2 heterocycles. The molecule has 0 fully saturated rings. The number of ether oxygens (including phenoxy) is 1. The van der Waals surface area contributed by atoms with Crippen LogP contribution in [0, 0.1) is 0 Å². The molecule has 11 heteroatoms. The molecule has 0 unspecified atom stereocenters. The van der Waals surface area contributed by atoms with Crippen LogP contribution in [0.2, 0.25) is 0 Å². The Kier molecular flexibility index (Phi) is 5.27. The summed E-state index contributed by atoms with van der Waals surface area (Å²) in [6, 6.07) is 14.4. The molecule has 0 atom stereocenters. The molecule has 0 amide bonds. The summed E-state index contributed by atoms with van der Waals surface area (Å²) in [6.07, 6.45) is -3.49. The Morgan fingerprint density at radius 1 is 1.06 bits per heavy atom. The Hall–Kier alpha value is -3.60. The van der Waals surface area contributed by atoms with E-state index in [-0.39, 0.29) is 33.7 Å². The first-order chi connectivity index (χ1) is 14.7. The maximum atomic E-state index is 13.9. The molecule has 0 aliphatic rings. The van der Waals surface area contributed by atoms with Crippen molar-refractivity contribution in [3.8, 4) is 11.5 Å². The summed E-state index contributed by atoms with van der Waals surface area (Å²) in [5, 5.41) is 8.99. The van der Waals surface area contributed by atoms with Gasteiger partial charge in [-0.15, -0.1) is 13.2 Å². The Bertz CT molecular complexity index is 1260. The van der Waals surface area contributed by atoms with Crippen molar-refractivity contribution in [2.75, 3.05) is 4.90 Å². The van der Waals surface area contributed by atoms with Crippen LogP contribution in [-0.4, -0.2) is 30.9 Å². The summed E-state index contributed by atoms with van der Waals surface area (Å²) in [4.78, 5) is 18.9. The monoisotopic (exact) mass is 492 g/mol. The van der Waals surface area contributed by atoms with Crippen molar-refractivity contribution in [3.63, 3.8) is 0 Å². The number of hydrogen-bond acceptors (Lipinski definition) is 5. The standard InChI is InChI=1S/C20H12BrF3N4O3/c21-28-17-4-2-1-3-15(17)26-19(28)27(20(22,23)24)12-5-7-13(8-6-12)31-14-9-10-25-16(11-14)18(29)30/h1-11H,(H,29,30). The highest BCUT2D eigenvalue weighted by molar-refractivity contribution is 9.08. The first kappa shape index (κ1) is 20.7. The van der Waals surface area contributed by atoms with E-state index in [0.29, 0.717) is 11.0 Å². The van der Waals surface area contributed by atoms with Crippen LogP contribution < -0.4 is 9.64 Å². The van der Waals surface area contributed by atoms with Crippen LogP contribution in [0.4, 0.5) is 24.8 Å². The minimum atomic E-state index is -4.75. The Labute approximate surface area is 181 Å². The zero-order chi connectivity index (χ0) is 22.2. The molecule has 2 aromatic carbocycles. The van der Waals surface area contributed by atoms with Gasteiger partial charge in [-0.25, -0.2) is 23.3 Å². The molecule has 2 aromatic heterocycles. The van der Waals surface area contributed by atoms with Crippen molar-refractivity contribution in [3.05, 3.63) is 72.6 Å². The zero-order valence-corrected chi connectivity index (χ0v) is 17.0. The number of carboxylic acids is 1. The normalized spacial score (nSPS) is 11.5. The van der Waals surface area contributed by atoms with Crippen LogP contribution >= 0.6 is 16.1 Å². The molecule has 0 aliphatic heterocycles. The van der Waals surface area contributed by atoms with Crippen LogP contribution in [0.5, 0.6) is 11.5 Å². The molecule has 0 saturated heterocycles. The molecule has 0 radical (unpaired) electrons. The number of aromatic carboxylic acids is 1. The predicted molar refractivity (Wildman–Crippen MR) is 110 cm³/mol. The third kappa shape index (κ3) is 4.17. The lowest BCUT2D eigenvalue weighted by atomic mass is 10.2. The van der Waals surface area contributed by atoms with E-state index in [1.54, 1.807) is 24.3 Å². The number of rotatable bonds is 5. The molecule has 7 nitrogen and oxygen atoms in total. The van der Waals surface area contributed by atoms with Gasteiger partial charge in [0.25, 0.3) is 0 Å². The number of anilines is 2. The van der Waals surface area contributed by atoms with Crippen LogP contribution in [0.25, 0.3) is 11.0 Å². The number of alkyl halides is 3. The highest BCUT2D eigenvalue weighted by Gasteiger charge is 2.41. The van der Waals surface area contributed by atoms with Gasteiger partial charge < -0.3 is 9.84 Å². The van der Waals surface area contributed by atoms with E-state index < -0.39 is 12.3 Å². The second kappa shape index (κ2) is 7.91. The van der Waals surface area contributed by atoms with Crippen LogP contribution in [0.15, 0.2) is 66.9 Å². The van der Waals surface area contributed by atoms with Crippen molar-refractivity contribution in [2.24, 2.45) is 0 Å². The lowest BCUT2D eigenvalue weighted by Gasteiger charge is -2.25. The van der Waals surface area contributed by atoms with Gasteiger partial charge in [0.2, 0.25) is 5.95 Å². The van der Waals surface area contributed by atoms with Crippen molar-refractivity contribution in [1.29, 1.82) is 0 Å². The number of aromatic nitrogens is 3. The number of hydrogen-bond donors (Lipinski definition) is 1. The van der Waals surface area contributed by atoms with Crippen molar-refractivity contribution in [1.82, 2.24) is 13.6 Å². The zero-order valence-electron chi connectivity index (χ0n) is 15.4. The number of pyridine rings is 1. The van der Waals surface area contributed by atoms with Gasteiger partial charge in [0, 0.05) is 12.3 Å². The van der Waals surface area contributed by atoms with Gasteiger partial charge >= 0.3 is 12.3 Å². The number of carboxylic acid groups (broad SMARTS) is 1. The van der Waals surface area contributed by atoms with Gasteiger partial charge in [0.05, 0.1) is 32.9 Å². The summed E-state index contributed by atoms with van der Waals surface area (Å²) in [5.74, 6) is -1.17. The minimum Gasteiger partial charge on any atom is -0.477 e. The second-order valence-electron chi connectivity index (χ2n) is 6.26. The smallest absolute Gasteiger partial charge is 0.477 e. The highest BCUT2D eigenvalue weighted by atomic mass is 79.9. The molecule has 0 aliphatic carbocycles. The third-order valence-electron chi connectivity index (χ3n) is 4.22. The number of carbonyl (C=O) groups is 1. The van der Waals surface area contributed by atoms with E-state index in [1.165, 1.54) is 46.2 Å². The van der Waals surface area contributed by atoms with E-state index in [1.807, 2.05) is 0 Å². The van der Waals surface area contributed by atoms with E-state index in [2.05, 4.69) is 26.1 Å². The second-order valence-corrected chi connectivity index (χ2v) is 6.97. The summed E-state index contributed by atoms with van der Waals surface area (Å²) in [6.45, 7) is 0. The Balaban J connectivity index is 1.67. The van der Waals surface area contributed by atoms with Gasteiger partial charge in [0.15, 0.2) is 5.69 Å². The number of halogens is 4. The molecule has 0 saturated carbocycles. The highest BCUT2D eigenvalue weighted by Crippen LogP contribution is 2.39. The Morgan fingerprint density at radius 3 is 2.42 bits per heavy atom. The van der Waals surface area contributed by atoms with Crippen LogP contribution in [0.3, 0.4) is 0 Å². The van der Waals surface area contributed by atoms with E-state index in [4.69, 9.17) is 9.84 Å². The van der Waals surface area contributed by atoms with Gasteiger partial charge in [0.1, 0.15) is 11.5 Å². The Morgan fingerprint density at radius 2 is 1.77 bits per heavy atom. The van der Waals surface area contributed by atoms with E-state index >= 15 is 0 Å². The average Bonchev–Trinajstić information content (AvgIpc) is 3.05. The van der Waals surface area contributed by atoms with Gasteiger partial charge in [-0.05, 0) is 42.5 Å². The molecular weight excluding hydrogens is 481 g/mol. The first-order valence-corrected chi connectivity index (χ1v) is 9.43. The number of nitrogens with zero attached hydrogens (tertiary/aromatic N) is 4. The van der Waals surface area contributed by atoms with Gasteiger partial charge in [-0.3, -0.25) is 0 Å². The fourth-order valence-electron chi connectivity index (χ4n) is 2.89. The molecule has 0 spiro atoms. The largest absolute Gasteiger partial charge is 0.491 e. The third-order valence-corrected chi connectivity index (χ3v) is 4.92. The fraction of sp³-hybridized carbons (Fsp3) is 0.0500. The van der Waals surface area contributed by atoms with Crippen LogP contribution in [0.1, 0.15) is 10.5 Å². The van der Waals surface area contributed by atoms with Gasteiger partial charge in [-0.2, -0.15) is 0 Å². The number of benzene rings is 2. The molecule has 4 aromatic rings. The SMILES string of the molecule is O=C(O)c1cc(Oc2ccc(N(c3nc4ccccc4n3Br)C(F)(F)F)cc2)ccn1. The molecule has 0 bridgehead atoms. The summed E-state index contributed by atoms with van der Waals surface area (Å²) in [7, 11) is 0. The predicted octanol–water partition coefficient (Wildman–Crippen LogP) is 5.74.